The van der Waals surface area contributed by atoms with Crippen LogP contribution in [0.2, 0.25) is 0 Å². The third kappa shape index (κ3) is 9.16. The highest BCUT2D eigenvalue weighted by molar-refractivity contribution is 7.84. The largest absolute Gasteiger partial charge is 0.412 e. The summed E-state index contributed by atoms with van der Waals surface area (Å²) in [6.07, 6.45) is -0.905. The van der Waals surface area contributed by atoms with Crippen molar-refractivity contribution in [2.24, 2.45) is 0 Å². The van der Waals surface area contributed by atoms with Gasteiger partial charge in [-0.15, -0.1) is 0 Å². The normalized spacial score (nSPS) is 16.6. The molecule has 14 heteroatoms. The van der Waals surface area contributed by atoms with Crippen molar-refractivity contribution in [2.75, 3.05) is 26.2 Å². The molecule has 1 aliphatic heterocycles. The van der Waals surface area contributed by atoms with Gasteiger partial charge in [0.2, 0.25) is 0 Å². The van der Waals surface area contributed by atoms with E-state index >= 15 is 0 Å². The van der Waals surface area contributed by atoms with Gasteiger partial charge in [-0.3, -0.25) is 8.37 Å². The molecule has 0 atom stereocenters. The number of nitrogens with zero attached hydrogens (tertiary/aromatic N) is 2. The molecular formula is C10H30N2O10S2. The molecule has 0 unspecified atom stereocenters. The molecule has 152 valence electrons. The zero-order chi connectivity index (χ0) is 15.6. The molecule has 0 radical (unpaired) electrons. The van der Waals surface area contributed by atoms with Crippen molar-refractivity contribution in [2.45, 2.75) is 39.9 Å². The van der Waals surface area contributed by atoms with E-state index in [0.717, 1.165) is 8.61 Å². The Morgan fingerprint density at radius 2 is 0.833 bits per heavy atom. The van der Waals surface area contributed by atoms with Crippen LogP contribution in [-0.2, 0) is 29.0 Å². The van der Waals surface area contributed by atoms with Crippen LogP contribution >= 0.6 is 0 Å². The summed E-state index contributed by atoms with van der Waals surface area (Å²) in [5.41, 5.74) is 0. The van der Waals surface area contributed by atoms with Crippen molar-refractivity contribution in [3.05, 3.63) is 0 Å². The van der Waals surface area contributed by atoms with Gasteiger partial charge in [0.1, 0.15) is 0 Å². The lowest BCUT2D eigenvalue weighted by Crippen LogP contribution is -2.51. The molecule has 0 saturated carbocycles. The van der Waals surface area contributed by atoms with Gasteiger partial charge >= 0.3 is 20.6 Å². The highest BCUT2D eigenvalue weighted by atomic mass is 32.2. The summed E-state index contributed by atoms with van der Waals surface area (Å²) in [5, 5.41) is 0. The highest BCUT2D eigenvalue weighted by Crippen LogP contribution is 2.15. The molecule has 0 aliphatic carbocycles. The van der Waals surface area contributed by atoms with Crippen LogP contribution in [0.3, 0.4) is 0 Å². The maximum absolute atomic E-state index is 11.8. The Balaban J connectivity index is -0.000000500. The topological polar surface area (TPSA) is 219 Å². The SMILES string of the molecule is CC(C)OS(=O)(=O)N1CCN(S(=O)(=O)OC(C)C)CC1.O.O.O.O. The van der Waals surface area contributed by atoms with Gasteiger partial charge in [-0.25, -0.2) is 0 Å². The molecule has 1 aliphatic rings. The Morgan fingerprint density at radius 1 is 0.625 bits per heavy atom. The summed E-state index contributed by atoms with van der Waals surface area (Å²) < 4.78 is 59.3. The standard InChI is InChI=1S/C10H22N2O6S2.4H2O/c1-9(2)17-19(13,14)11-5-7-12(8-6-11)20(15,16)18-10(3)4;;;;/h9-10H,5-8H2,1-4H3;4*1H2. The number of rotatable bonds is 6. The molecule has 8 N–H and O–H groups in total. The Kier molecular flexibility index (Phi) is 15.7. The van der Waals surface area contributed by atoms with E-state index in [1.165, 1.54) is 0 Å². The van der Waals surface area contributed by atoms with E-state index in [0.29, 0.717) is 0 Å². The highest BCUT2D eigenvalue weighted by Gasteiger charge is 2.33. The zero-order valence-electron chi connectivity index (χ0n) is 14.1. The number of hydrogen-bond acceptors (Lipinski definition) is 6. The minimum absolute atomic E-state index is 0. The van der Waals surface area contributed by atoms with E-state index in [9.17, 15) is 16.8 Å². The molecule has 1 fully saturated rings. The molecule has 0 amide bonds. The molecule has 1 saturated heterocycles. The molecule has 0 aromatic heterocycles. The van der Waals surface area contributed by atoms with Crippen LogP contribution in [0.15, 0.2) is 0 Å². The average Bonchev–Trinajstić information content (AvgIpc) is 2.25. The maximum atomic E-state index is 11.8. The van der Waals surface area contributed by atoms with Crippen molar-refractivity contribution >= 4 is 20.6 Å². The van der Waals surface area contributed by atoms with Gasteiger partial charge in [0, 0.05) is 26.2 Å². The maximum Gasteiger partial charge on any atom is 0.338 e. The summed E-state index contributed by atoms with van der Waals surface area (Å²) in [5.74, 6) is 0. The van der Waals surface area contributed by atoms with Gasteiger partial charge < -0.3 is 21.9 Å². The van der Waals surface area contributed by atoms with E-state index in [4.69, 9.17) is 8.37 Å². The van der Waals surface area contributed by atoms with Crippen LogP contribution in [-0.4, -0.2) is 85.7 Å². The molecule has 12 nitrogen and oxygen atoms in total. The monoisotopic (exact) mass is 402 g/mol. The van der Waals surface area contributed by atoms with E-state index in [-0.39, 0.29) is 48.1 Å². The van der Waals surface area contributed by atoms with Crippen molar-refractivity contribution in [3.8, 4) is 0 Å². The molecule has 0 bridgehead atoms. The Labute approximate surface area is 143 Å². The molecule has 1 rings (SSSR count). The second-order valence-corrected chi connectivity index (χ2v) is 8.13. The van der Waals surface area contributed by atoms with Crippen LogP contribution in [0.25, 0.3) is 0 Å². The number of hydrogen-bond donors (Lipinski definition) is 0. The first-order chi connectivity index (χ1) is 9.04. The summed E-state index contributed by atoms with van der Waals surface area (Å²) in [6.45, 7) is 6.68. The summed E-state index contributed by atoms with van der Waals surface area (Å²) in [4.78, 5) is 0. The lowest BCUT2D eigenvalue weighted by Gasteiger charge is -2.32. The lowest BCUT2D eigenvalue weighted by atomic mass is 10.4. The van der Waals surface area contributed by atoms with Gasteiger partial charge in [0.05, 0.1) is 12.2 Å². The van der Waals surface area contributed by atoms with Crippen LogP contribution in [0.4, 0.5) is 0 Å². The van der Waals surface area contributed by atoms with E-state index in [1.807, 2.05) is 0 Å². The second kappa shape index (κ2) is 12.0. The van der Waals surface area contributed by atoms with Gasteiger partial charge in [0.15, 0.2) is 0 Å². The van der Waals surface area contributed by atoms with E-state index in [2.05, 4.69) is 0 Å². The number of piperazine rings is 1. The quantitative estimate of drug-likeness (QED) is 0.441. The summed E-state index contributed by atoms with van der Waals surface area (Å²) in [7, 11) is -7.61. The molecular weight excluding hydrogens is 372 g/mol. The predicted octanol–water partition coefficient (Wildman–Crippen LogP) is -3.36. The van der Waals surface area contributed by atoms with Crippen LogP contribution in [0.5, 0.6) is 0 Å². The van der Waals surface area contributed by atoms with Gasteiger partial charge in [0.25, 0.3) is 0 Å². The van der Waals surface area contributed by atoms with Gasteiger partial charge in [-0.1, -0.05) is 0 Å². The third-order valence-electron chi connectivity index (χ3n) is 2.46. The Hall–Kier alpha value is -0.420. The van der Waals surface area contributed by atoms with Crippen LogP contribution in [0.1, 0.15) is 27.7 Å². The molecule has 0 aromatic rings. The van der Waals surface area contributed by atoms with Crippen LogP contribution < -0.4 is 0 Å². The minimum Gasteiger partial charge on any atom is -0.412 e. The fourth-order valence-electron chi connectivity index (χ4n) is 1.73. The third-order valence-corrected chi connectivity index (χ3v) is 5.71. The Bertz CT molecular complexity index is 464. The fourth-order valence-corrected chi connectivity index (χ4v) is 4.16. The molecule has 1 heterocycles. The predicted molar refractivity (Wildman–Crippen MR) is 87.9 cm³/mol. The van der Waals surface area contributed by atoms with Crippen molar-refractivity contribution in [3.63, 3.8) is 0 Å². The molecule has 24 heavy (non-hydrogen) atoms. The molecule has 0 aromatic carbocycles. The van der Waals surface area contributed by atoms with Crippen molar-refractivity contribution in [1.29, 1.82) is 0 Å². The molecule has 0 spiro atoms. The van der Waals surface area contributed by atoms with E-state index < -0.39 is 32.8 Å². The average molecular weight is 402 g/mol. The summed E-state index contributed by atoms with van der Waals surface area (Å²) in [6, 6.07) is 0. The smallest absolute Gasteiger partial charge is 0.338 e. The Morgan fingerprint density at radius 3 is 1.00 bits per heavy atom. The zero-order valence-corrected chi connectivity index (χ0v) is 15.8. The lowest BCUT2D eigenvalue weighted by molar-refractivity contribution is 0.172. The van der Waals surface area contributed by atoms with Crippen LogP contribution in [0, 0.1) is 0 Å². The fraction of sp³-hybridized carbons (Fsp3) is 1.00. The first-order valence-electron chi connectivity index (χ1n) is 6.41. The van der Waals surface area contributed by atoms with Crippen molar-refractivity contribution < 1.29 is 47.1 Å². The minimum atomic E-state index is -3.80. The second-order valence-electron chi connectivity index (χ2n) is 5.00. The van der Waals surface area contributed by atoms with Crippen molar-refractivity contribution in [1.82, 2.24) is 8.61 Å². The summed E-state index contributed by atoms with van der Waals surface area (Å²) >= 11 is 0. The first kappa shape index (κ1) is 31.4. The first-order valence-corrected chi connectivity index (χ1v) is 9.14. The van der Waals surface area contributed by atoms with Gasteiger partial charge in [-0.2, -0.15) is 25.4 Å². The van der Waals surface area contributed by atoms with Gasteiger partial charge in [-0.05, 0) is 27.7 Å². The van der Waals surface area contributed by atoms with E-state index in [1.54, 1.807) is 27.7 Å².